The van der Waals surface area contributed by atoms with Gasteiger partial charge < -0.3 is 4.90 Å². The minimum atomic E-state index is -0.0916. The van der Waals surface area contributed by atoms with E-state index in [-0.39, 0.29) is 11.5 Å². The van der Waals surface area contributed by atoms with Gasteiger partial charge in [-0.15, -0.1) is 0 Å². The Hall–Kier alpha value is -2.43. The molecule has 0 unspecified atom stereocenters. The molecule has 0 spiro atoms. The van der Waals surface area contributed by atoms with Crippen LogP contribution in [0.2, 0.25) is 0 Å². The van der Waals surface area contributed by atoms with Crippen molar-refractivity contribution in [3.63, 3.8) is 0 Å². The van der Waals surface area contributed by atoms with Gasteiger partial charge >= 0.3 is 0 Å². The minimum absolute atomic E-state index is 0.0207. The van der Waals surface area contributed by atoms with Crippen molar-refractivity contribution in [2.75, 3.05) is 14.1 Å². The largest absolute Gasteiger partial charge is 0.345 e. The van der Waals surface area contributed by atoms with Crippen molar-refractivity contribution in [2.45, 2.75) is 13.5 Å². The van der Waals surface area contributed by atoms with Gasteiger partial charge in [-0.3, -0.25) is 14.2 Å². The lowest BCUT2D eigenvalue weighted by molar-refractivity contribution is 0.0827. The highest BCUT2D eigenvalue weighted by Gasteiger charge is 2.11. The van der Waals surface area contributed by atoms with Crippen LogP contribution in [-0.2, 0) is 6.54 Å². The maximum absolute atomic E-state index is 11.9. The van der Waals surface area contributed by atoms with Crippen LogP contribution < -0.4 is 5.56 Å². The number of carbonyl (C=O) groups is 1. The van der Waals surface area contributed by atoms with Gasteiger partial charge in [0.25, 0.3) is 11.5 Å². The molecule has 1 heterocycles. The highest BCUT2D eigenvalue weighted by Crippen LogP contribution is 2.13. The minimum Gasteiger partial charge on any atom is -0.345 e. The van der Waals surface area contributed by atoms with E-state index in [1.165, 1.54) is 23.2 Å². The summed E-state index contributed by atoms with van der Waals surface area (Å²) < 4.78 is 1.53. The molecule has 20 heavy (non-hydrogen) atoms. The SMILES string of the molecule is Cc1cc(Cn2cnccc2=O)ccc1C(=O)N(C)C. The number of hydrogen-bond donors (Lipinski definition) is 0. The van der Waals surface area contributed by atoms with Crippen LogP contribution in [0.15, 0.2) is 41.6 Å². The summed E-state index contributed by atoms with van der Waals surface area (Å²) in [4.78, 5) is 29.1. The van der Waals surface area contributed by atoms with E-state index in [2.05, 4.69) is 4.98 Å². The predicted octanol–water partition coefficient (Wildman–Crippen LogP) is 1.30. The lowest BCUT2D eigenvalue weighted by Crippen LogP contribution is -2.23. The molecule has 5 nitrogen and oxygen atoms in total. The molecule has 0 atom stereocenters. The molecular weight excluding hydrogens is 254 g/mol. The zero-order chi connectivity index (χ0) is 14.7. The van der Waals surface area contributed by atoms with Gasteiger partial charge in [0.2, 0.25) is 0 Å². The molecule has 2 rings (SSSR count). The first-order chi connectivity index (χ1) is 9.49. The fraction of sp³-hybridized carbons (Fsp3) is 0.267. The highest BCUT2D eigenvalue weighted by molar-refractivity contribution is 5.95. The molecule has 1 aromatic heterocycles. The van der Waals surface area contributed by atoms with Crippen molar-refractivity contribution < 1.29 is 4.79 Å². The average Bonchev–Trinajstić information content (AvgIpc) is 2.41. The summed E-state index contributed by atoms with van der Waals surface area (Å²) in [5.74, 6) is -0.0207. The molecule has 5 heteroatoms. The highest BCUT2D eigenvalue weighted by atomic mass is 16.2. The van der Waals surface area contributed by atoms with E-state index in [1.807, 2.05) is 19.1 Å². The molecule has 0 aliphatic heterocycles. The van der Waals surface area contributed by atoms with E-state index < -0.39 is 0 Å². The van der Waals surface area contributed by atoms with Crippen molar-refractivity contribution in [1.82, 2.24) is 14.5 Å². The maximum Gasteiger partial charge on any atom is 0.253 e. The van der Waals surface area contributed by atoms with Crippen LogP contribution in [-0.4, -0.2) is 34.5 Å². The van der Waals surface area contributed by atoms with Gasteiger partial charge in [0.15, 0.2) is 0 Å². The van der Waals surface area contributed by atoms with Crippen molar-refractivity contribution >= 4 is 5.91 Å². The topological polar surface area (TPSA) is 55.2 Å². The number of aromatic nitrogens is 2. The van der Waals surface area contributed by atoms with E-state index >= 15 is 0 Å². The standard InChI is InChI=1S/C15H17N3O2/c1-11-8-12(4-5-13(11)15(20)17(2)3)9-18-10-16-7-6-14(18)19/h4-8,10H,9H2,1-3H3. The van der Waals surface area contributed by atoms with Crippen LogP contribution in [0.5, 0.6) is 0 Å². The van der Waals surface area contributed by atoms with Crippen molar-refractivity contribution in [1.29, 1.82) is 0 Å². The summed E-state index contributed by atoms with van der Waals surface area (Å²) in [6.07, 6.45) is 2.99. The first-order valence-corrected chi connectivity index (χ1v) is 6.30. The summed E-state index contributed by atoms with van der Waals surface area (Å²) in [5.41, 5.74) is 2.45. The number of rotatable bonds is 3. The molecule has 0 N–H and O–H groups in total. The molecule has 0 aliphatic rings. The van der Waals surface area contributed by atoms with Crippen LogP contribution in [0, 0.1) is 6.92 Å². The van der Waals surface area contributed by atoms with Gasteiger partial charge in [0.1, 0.15) is 0 Å². The van der Waals surface area contributed by atoms with Crippen molar-refractivity contribution in [3.05, 3.63) is 63.8 Å². The summed E-state index contributed by atoms with van der Waals surface area (Å²) in [6, 6.07) is 7.02. The Kier molecular flexibility index (Phi) is 3.98. The normalized spacial score (nSPS) is 10.3. The molecule has 2 aromatic rings. The molecule has 0 radical (unpaired) electrons. The third-order valence-corrected chi connectivity index (χ3v) is 3.07. The zero-order valence-electron chi connectivity index (χ0n) is 11.8. The smallest absolute Gasteiger partial charge is 0.253 e. The number of benzene rings is 1. The number of carbonyl (C=O) groups excluding carboxylic acids is 1. The number of nitrogens with zero attached hydrogens (tertiary/aromatic N) is 3. The van der Waals surface area contributed by atoms with E-state index in [0.717, 1.165) is 11.1 Å². The first-order valence-electron chi connectivity index (χ1n) is 6.30. The third kappa shape index (κ3) is 2.93. The van der Waals surface area contributed by atoms with Crippen LogP contribution in [0.3, 0.4) is 0 Å². The Morgan fingerprint density at radius 1 is 1.30 bits per heavy atom. The summed E-state index contributed by atoms with van der Waals surface area (Å²) in [7, 11) is 3.45. The summed E-state index contributed by atoms with van der Waals surface area (Å²) in [5, 5.41) is 0. The molecule has 104 valence electrons. The number of amides is 1. The Balaban J connectivity index is 2.28. The van der Waals surface area contributed by atoms with Crippen LogP contribution in [0.25, 0.3) is 0 Å². The summed E-state index contributed by atoms with van der Waals surface area (Å²) >= 11 is 0. The Labute approximate surface area is 117 Å². The van der Waals surface area contributed by atoms with Crippen LogP contribution in [0.1, 0.15) is 21.5 Å². The number of hydrogen-bond acceptors (Lipinski definition) is 3. The van der Waals surface area contributed by atoms with Crippen LogP contribution >= 0.6 is 0 Å². The van der Waals surface area contributed by atoms with Crippen molar-refractivity contribution in [3.8, 4) is 0 Å². The van der Waals surface area contributed by atoms with E-state index in [4.69, 9.17) is 0 Å². The van der Waals surface area contributed by atoms with E-state index in [1.54, 1.807) is 25.1 Å². The lowest BCUT2D eigenvalue weighted by atomic mass is 10.0. The Morgan fingerprint density at radius 2 is 2.05 bits per heavy atom. The molecule has 1 amide bonds. The van der Waals surface area contributed by atoms with E-state index in [9.17, 15) is 9.59 Å². The Bertz CT molecular complexity index is 690. The van der Waals surface area contributed by atoms with Gasteiger partial charge in [-0.2, -0.15) is 0 Å². The molecule has 0 fully saturated rings. The summed E-state index contributed by atoms with van der Waals surface area (Å²) in [6.45, 7) is 2.34. The quantitative estimate of drug-likeness (QED) is 0.845. The molecular formula is C15H17N3O2. The van der Waals surface area contributed by atoms with Gasteiger partial charge in [0.05, 0.1) is 12.9 Å². The average molecular weight is 271 g/mol. The van der Waals surface area contributed by atoms with Gasteiger partial charge in [-0.05, 0) is 24.1 Å². The van der Waals surface area contributed by atoms with Gasteiger partial charge in [-0.1, -0.05) is 12.1 Å². The molecule has 0 saturated heterocycles. The maximum atomic E-state index is 11.9. The second-order valence-electron chi connectivity index (χ2n) is 4.90. The fourth-order valence-corrected chi connectivity index (χ4v) is 2.00. The lowest BCUT2D eigenvalue weighted by Gasteiger charge is -2.13. The van der Waals surface area contributed by atoms with Crippen molar-refractivity contribution in [2.24, 2.45) is 0 Å². The third-order valence-electron chi connectivity index (χ3n) is 3.07. The Morgan fingerprint density at radius 3 is 2.65 bits per heavy atom. The second-order valence-corrected chi connectivity index (χ2v) is 4.90. The molecule has 0 bridgehead atoms. The molecule has 0 saturated carbocycles. The van der Waals surface area contributed by atoms with Crippen LogP contribution in [0.4, 0.5) is 0 Å². The zero-order valence-corrected chi connectivity index (χ0v) is 11.8. The monoisotopic (exact) mass is 271 g/mol. The first kappa shape index (κ1) is 14.0. The van der Waals surface area contributed by atoms with Gasteiger partial charge in [-0.25, -0.2) is 4.98 Å². The molecule has 0 aliphatic carbocycles. The fourth-order valence-electron chi connectivity index (χ4n) is 2.00. The second kappa shape index (κ2) is 5.69. The molecule has 1 aromatic carbocycles. The van der Waals surface area contributed by atoms with Gasteiger partial charge in [0, 0.05) is 31.9 Å². The van der Waals surface area contributed by atoms with E-state index in [0.29, 0.717) is 12.1 Å². The predicted molar refractivity (Wildman–Crippen MR) is 76.8 cm³/mol. The number of aryl methyl sites for hydroxylation is 1.